The van der Waals surface area contributed by atoms with Crippen molar-refractivity contribution in [2.75, 3.05) is 26.7 Å². The van der Waals surface area contributed by atoms with Crippen molar-refractivity contribution in [2.24, 2.45) is 0 Å². The molecular weight excluding hydrogens is 248 g/mol. The highest BCUT2D eigenvalue weighted by atomic mass is 15.3. The molecule has 2 aliphatic rings. The second-order valence-electron chi connectivity index (χ2n) is 6.36. The molecule has 110 valence electrons. The second-order valence-corrected chi connectivity index (χ2v) is 6.36. The van der Waals surface area contributed by atoms with E-state index < -0.39 is 0 Å². The lowest BCUT2D eigenvalue weighted by atomic mass is 10.2. The monoisotopic (exact) mass is 274 g/mol. The summed E-state index contributed by atoms with van der Waals surface area (Å²) in [6.07, 6.45) is 2.66. The molecule has 1 saturated heterocycles. The maximum atomic E-state index is 4.80. The molecule has 1 aromatic heterocycles. The van der Waals surface area contributed by atoms with Crippen LogP contribution in [-0.2, 0) is 13.1 Å². The fourth-order valence-corrected chi connectivity index (χ4v) is 2.87. The molecule has 0 bridgehead atoms. The molecule has 2 fully saturated rings. The van der Waals surface area contributed by atoms with Crippen molar-refractivity contribution in [3.63, 3.8) is 0 Å². The van der Waals surface area contributed by atoms with Crippen LogP contribution in [0.1, 0.15) is 31.2 Å². The molecule has 0 amide bonds. The van der Waals surface area contributed by atoms with Crippen molar-refractivity contribution in [2.45, 2.75) is 44.9 Å². The molecule has 1 aromatic rings. The van der Waals surface area contributed by atoms with Crippen molar-refractivity contribution in [1.82, 2.24) is 20.1 Å². The molecule has 4 nitrogen and oxygen atoms in total. The van der Waals surface area contributed by atoms with Crippen LogP contribution < -0.4 is 5.32 Å². The topological polar surface area (TPSA) is 31.4 Å². The van der Waals surface area contributed by atoms with E-state index in [0.29, 0.717) is 6.04 Å². The van der Waals surface area contributed by atoms with Gasteiger partial charge in [0.2, 0.25) is 0 Å². The molecule has 3 rings (SSSR count). The normalized spacial score (nSPS) is 25.0. The molecule has 1 atom stereocenters. The number of pyridine rings is 1. The molecule has 1 aliphatic carbocycles. The molecule has 0 radical (unpaired) electrons. The Morgan fingerprint density at radius 2 is 2.05 bits per heavy atom. The van der Waals surface area contributed by atoms with E-state index in [1.807, 2.05) is 0 Å². The number of aromatic nitrogens is 1. The van der Waals surface area contributed by atoms with Crippen LogP contribution in [0.15, 0.2) is 18.2 Å². The van der Waals surface area contributed by atoms with Crippen LogP contribution in [0.25, 0.3) is 0 Å². The third kappa shape index (κ3) is 3.78. The lowest BCUT2D eigenvalue weighted by molar-refractivity contribution is 0.0926. The van der Waals surface area contributed by atoms with Crippen LogP contribution in [0, 0.1) is 0 Å². The minimum atomic E-state index is 0.615. The minimum absolute atomic E-state index is 0.615. The highest BCUT2D eigenvalue weighted by Gasteiger charge is 2.22. The fraction of sp³-hybridized carbons (Fsp3) is 0.688. The van der Waals surface area contributed by atoms with Crippen molar-refractivity contribution in [3.05, 3.63) is 29.6 Å². The van der Waals surface area contributed by atoms with E-state index in [1.54, 1.807) is 0 Å². The predicted molar refractivity (Wildman–Crippen MR) is 81.5 cm³/mol. The number of nitrogens with zero attached hydrogens (tertiary/aromatic N) is 3. The average Bonchev–Trinajstić information content (AvgIpc) is 3.24. The molecule has 1 unspecified atom stereocenters. The maximum Gasteiger partial charge on any atom is 0.0548 e. The molecule has 2 heterocycles. The van der Waals surface area contributed by atoms with Crippen LogP contribution in [0.3, 0.4) is 0 Å². The van der Waals surface area contributed by atoms with Crippen LogP contribution in [-0.4, -0.2) is 53.5 Å². The first-order valence-corrected chi connectivity index (χ1v) is 7.81. The lowest BCUT2D eigenvalue weighted by Gasteiger charge is -2.38. The third-order valence-electron chi connectivity index (χ3n) is 4.35. The van der Waals surface area contributed by atoms with E-state index in [4.69, 9.17) is 4.98 Å². The van der Waals surface area contributed by atoms with Crippen LogP contribution in [0.5, 0.6) is 0 Å². The molecule has 1 N–H and O–H groups in total. The summed E-state index contributed by atoms with van der Waals surface area (Å²) < 4.78 is 0. The molecule has 0 aromatic carbocycles. The van der Waals surface area contributed by atoms with Crippen LogP contribution >= 0.6 is 0 Å². The summed E-state index contributed by atoms with van der Waals surface area (Å²) in [4.78, 5) is 9.75. The first-order chi connectivity index (χ1) is 9.70. The summed E-state index contributed by atoms with van der Waals surface area (Å²) in [5.41, 5.74) is 2.38. The number of likely N-dealkylation sites (N-methyl/N-ethyl adjacent to an activating group) is 1. The van der Waals surface area contributed by atoms with Gasteiger partial charge in [-0.25, -0.2) is 0 Å². The van der Waals surface area contributed by atoms with E-state index in [0.717, 1.165) is 38.8 Å². The highest BCUT2D eigenvalue weighted by Crippen LogP contribution is 2.19. The van der Waals surface area contributed by atoms with Gasteiger partial charge < -0.3 is 10.2 Å². The van der Waals surface area contributed by atoms with Crippen molar-refractivity contribution < 1.29 is 0 Å². The van der Waals surface area contributed by atoms with Crippen molar-refractivity contribution >= 4 is 0 Å². The Morgan fingerprint density at radius 1 is 1.25 bits per heavy atom. The largest absolute Gasteiger partial charge is 0.308 e. The van der Waals surface area contributed by atoms with Crippen LogP contribution in [0.4, 0.5) is 0 Å². The Kier molecular flexibility index (Phi) is 4.34. The maximum absolute atomic E-state index is 4.80. The Balaban J connectivity index is 1.57. The summed E-state index contributed by atoms with van der Waals surface area (Å²) in [7, 11) is 2.20. The molecular formula is C16H26N4. The van der Waals surface area contributed by atoms with Gasteiger partial charge in [-0.05, 0) is 38.9 Å². The Hall–Kier alpha value is -0.970. The predicted octanol–water partition coefficient (Wildman–Crippen LogP) is 1.47. The van der Waals surface area contributed by atoms with E-state index >= 15 is 0 Å². The summed E-state index contributed by atoms with van der Waals surface area (Å²) in [5, 5.41) is 3.54. The summed E-state index contributed by atoms with van der Waals surface area (Å²) in [6, 6.07) is 7.80. The Bertz CT molecular complexity index is 444. The van der Waals surface area contributed by atoms with Crippen molar-refractivity contribution in [1.29, 1.82) is 0 Å². The quantitative estimate of drug-likeness (QED) is 0.881. The SMILES string of the molecule is CC1CN(C)CCN1Cc1cccc(CNC2CC2)n1. The summed E-state index contributed by atoms with van der Waals surface area (Å²) in [6.45, 7) is 7.66. The van der Waals surface area contributed by atoms with Gasteiger partial charge in [-0.1, -0.05) is 6.07 Å². The minimum Gasteiger partial charge on any atom is -0.308 e. The Labute approximate surface area is 122 Å². The highest BCUT2D eigenvalue weighted by molar-refractivity contribution is 5.12. The number of hydrogen-bond acceptors (Lipinski definition) is 4. The number of rotatable bonds is 5. The third-order valence-corrected chi connectivity index (χ3v) is 4.35. The first kappa shape index (κ1) is 14.0. The van der Waals surface area contributed by atoms with Gasteiger partial charge in [0.1, 0.15) is 0 Å². The number of piperazine rings is 1. The fourth-order valence-electron chi connectivity index (χ4n) is 2.87. The summed E-state index contributed by atoms with van der Waals surface area (Å²) >= 11 is 0. The van der Waals surface area contributed by atoms with Gasteiger partial charge in [0.25, 0.3) is 0 Å². The molecule has 0 spiro atoms. The number of nitrogens with one attached hydrogen (secondary N) is 1. The zero-order chi connectivity index (χ0) is 13.9. The second kappa shape index (κ2) is 6.20. The average molecular weight is 274 g/mol. The van der Waals surface area contributed by atoms with E-state index in [-0.39, 0.29) is 0 Å². The smallest absolute Gasteiger partial charge is 0.0548 e. The van der Waals surface area contributed by atoms with Gasteiger partial charge >= 0.3 is 0 Å². The van der Waals surface area contributed by atoms with Gasteiger partial charge in [-0.15, -0.1) is 0 Å². The van der Waals surface area contributed by atoms with Gasteiger partial charge in [0.05, 0.1) is 11.4 Å². The molecule has 1 aliphatic heterocycles. The van der Waals surface area contributed by atoms with Gasteiger partial charge in [-0.3, -0.25) is 9.88 Å². The van der Waals surface area contributed by atoms with E-state index in [1.165, 1.54) is 24.2 Å². The molecule has 4 heteroatoms. The molecule has 20 heavy (non-hydrogen) atoms. The number of hydrogen-bond donors (Lipinski definition) is 1. The summed E-state index contributed by atoms with van der Waals surface area (Å²) in [5.74, 6) is 0. The zero-order valence-corrected chi connectivity index (χ0v) is 12.7. The van der Waals surface area contributed by atoms with Gasteiger partial charge in [0, 0.05) is 44.8 Å². The zero-order valence-electron chi connectivity index (χ0n) is 12.7. The van der Waals surface area contributed by atoms with Crippen molar-refractivity contribution in [3.8, 4) is 0 Å². The standard InChI is InChI=1S/C16H26N4/c1-13-11-19(2)8-9-20(13)12-16-5-3-4-15(18-16)10-17-14-6-7-14/h3-5,13-14,17H,6-12H2,1-2H3. The van der Waals surface area contributed by atoms with E-state index in [2.05, 4.69) is 47.3 Å². The first-order valence-electron chi connectivity index (χ1n) is 7.81. The van der Waals surface area contributed by atoms with Gasteiger partial charge in [0.15, 0.2) is 0 Å². The lowest BCUT2D eigenvalue weighted by Crippen LogP contribution is -2.49. The Morgan fingerprint density at radius 3 is 2.80 bits per heavy atom. The van der Waals surface area contributed by atoms with E-state index in [9.17, 15) is 0 Å². The van der Waals surface area contributed by atoms with Gasteiger partial charge in [-0.2, -0.15) is 0 Å². The van der Waals surface area contributed by atoms with Crippen LogP contribution in [0.2, 0.25) is 0 Å². The molecule has 1 saturated carbocycles.